The average Bonchev–Trinajstić information content (AvgIpc) is 3.05. The van der Waals surface area contributed by atoms with E-state index in [0.29, 0.717) is 5.92 Å². The lowest BCUT2D eigenvalue weighted by atomic mass is 9.94. The van der Waals surface area contributed by atoms with Crippen LogP contribution in [0.4, 0.5) is 0 Å². The van der Waals surface area contributed by atoms with Crippen molar-refractivity contribution in [3.63, 3.8) is 0 Å². The molecule has 4 nitrogen and oxygen atoms in total. The van der Waals surface area contributed by atoms with Gasteiger partial charge in [0.15, 0.2) is 5.11 Å². The predicted octanol–water partition coefficient (Wildman–Crippen LogP) is 3.35. The zero-order valence-corrected chi connectivity index (χ0v) is 14.1. The van der Waals surface area contributed by atoms with Crippen molar-refractivity contribution in [1.82, 2.24) is 10.2 Å². The summed E-state index contributed by atoms with van der Waals surface area (Å²) < 4.78 is 10.6. The van der Waals surface area contributed by atoms with Gasteiger partial charge in [-0.25, -0.2) is 0 Å². The average molecular weight is 322 g/mol. The second kappa shape index (κ2) is 9.64. The standard InChI is InChI=1S/C17H26N2O2S/c1-20-11-6-10-18-17(22)19(14-16-9-5-12-21-16)13-15-7-3-2-4-8-15/h2-3,5,9,12,15H,4,6-8,10-11,13-14H2,1H3,(H,18,22)/t15-/m0/s1. The van der Waals surface area contributed by atoms with E-state index in [1.807, 2.05) is 12.1 Å². The van der Waals surface area contributed by atoms with Crippen LogP contribution in [0.25, 0.3) is 0 Å². The van der Waals surface area contributed by atoms with Crippen LogP contribution in [0, 0.1) is 5.92 Å². The molecular weight excluding hydrogens is 296 g/mol. The highest BCUT2D eigenvalue weighted by Gasteiger charge is 2.18. The summed E-state index contributed by atoms with van der Waals surface area (Å²) in [5, 5.41) is 4.14. The molecule has 0 fully saturated rings. The molecule has 1 aliphatic carbocycles. The van der Waals surface area contributed by atoms with Crippen molar-refractivity contribution in [2.45, 2.75) is 32.2 Å². The summed E-state index contributed by atoms with van der Waals surface area (Å²) in [6.07, 6.45) is 10.8. The maximum Gasteiger partial charge on any atom is 0.169 e. The van der Waals surface area contributed by atoms with Gasteiger partial charge in [0.1, 0.15) is 5.76 Å². The second-order valence-corrected chi connectivity index (χ2v) is 6.08. The van der Waals surface area contributed by atoms with Gasteiger partial charge in [0.05, 0.1) is 12.8 Å². The Morgan fingerprint density at radius 1 is 1.50 bits per heavy atom. The molecule has 1 N–H and O–H groups in total. The molecule has 1 aromatic heterocycles. The molecule has 0 radical (unpaired) electrons. The van der Waals surface area contributed by atoms with E-state index in [4.69, 9.17) is 21.4 Å². The van der Waals surface area contributed by atoms with E-state index >= 15 is 0 Å². The Morgan fingerprint density at radius 2 is 2.41 bits per heavy atom. The number of ether oxygens (including phenoxy) is 1. The Morgan fingerprint density at radius 3 is 3.09 bits per heavy atom. The summed E-state index contributed by atoms with van der Waals surface area (Å²) >= 11 is 5.58. The second-order valence-electron chi connectivity index (χ2n) is 5.69. The molecule has 122 valence electrons. The Bertz CT molecular complexity index is 459. The molecule has 2 rings (SSSR count). The first-order chi connectivity index (χ1) is 10.8. The van der Waals surface area contributed by atoms with E-state index in [-0.39, 0.29) is 0 Å². The van der Waals surface area contributed by atoms with Crippen molar-refractivity contribution in [3.8, 4) is 0 Å². The zero-order chi connectivity index (χ0) is 15.6. The number of rotatable bonds is 8. The van der Waals surface area contributed by atoms with Crippen LogP contribution in [-0.4, -0.2) is 36.8 Å². The van der Waals surface area contributed by atoms with Crippen LogP contribution < -0.4 is 5.32 Å². The highest BCUT2D eigenvalue weighted by molar-refractivity contribution is 7.80. The van der Waals surface area contributed by atoms with E-state index in [2.05, 4.69) is 22.4 Å². The number of hydrogen-bond acceptors (Lipinski definition) is 3. The maximum absolute atomic E-state index is 5.58. The van der Waals surface area contributed by atoms with Crippen molar-refractivity contribution in [2.24, 2.45) is 5.92 Å². The van der Waals surface area contributed by atoms with Gasteiger partial charge >= 0.3 is 0 Å². The normalized spacial score (nSPS) is 17.4. The number of methoxy groups -OCH3 is 1. The van der Waals surface area contributed by atoms with E-state index < -0.39 is 0 Å². The lowest BCUT2D eigenvalue weighted by Gasteiger charge is -2.30. The summed E-state index contributed by atoms with van der Waals surface area (Å²) in [4.78, 5) is 2.23. The molecular formula is C17H26N2O2S. The zero-order valence-electron chi connectivity index (χ0n) is 13.3. The molecule has 0 saturated heterocycles. The van der Waals surface area contributed by atoms with E-state index in [1.165, 1.54) is 12.8 Å². The highest BCUT2D eigenvalue weighted by Crippen LogP contribution is 2.20. The third kappa shape index (κ3) is 5.81. The predicted molar refractivity (Wildman–Crippen MR) is 92.7 cm³/mol. The molecule has 0 amide bonds. The third-order valence-corrected chi connectivity index (χ3v) is 4.27. The molecule has 0 aromatic carbocycles. The minimum absolute atomic E-state index is 0.665. The van der Waals surface area contributed by atoms with Crippen LogP contribution >= 0.6 is 12.2 Å². The Labute approximate surface area is 138 Å². The molecule has 1 heterocycles. The molecule has 0 bridgehead atoms. The van der Waals surface area contributed by atoms with Crippen LogP contribution in [0.15, 0.2) is 35.0 Å². The fourth-order valence-electron chi connectivity index (χ4n) is 2.67. The molecule has 1 aromatic rings. The lowest BCUT2D eigenvalue weighted by Crippen LogP contribution is -2.42. The minimum atomic E-state index is 0.665. The van der Waals surface area contributed by atoms with Crippen molar-refractivity contribution < 1.29 is 9.15 Å². The van der Waals surface area contributed by atoms with Gasteiger partial charge in [-0.1, -0.05) is 12.2 Å². The molecule has 0 spiro atoms. The summed E-state index contributed by atoms with van der Waals surface area (Å²) in [6, 6.07) is 3.92. The first-order valence-corrected chi connectivity index (χ1v) is 8.39. The quantitative estimate of drug-likeness (QED) is 0.451. The highest BCUT2D eigenvalue weighted by atomic mass is 32.1. The van der Waals surface area contributed by atoms with Gasteiger partial charge in [0.25, 0.3) is 0 Å². The monoisotopic (exact) mass is 322 g/mol. The number of hydrogen-bond donors (Lipinski definition) is 1. The van der Waals surface area contributed by atoms with E-state index in [1.54, 1.807) is 13.4 Å². The molecule has 0 aliphatic heterocycles. The van der Waals surface area contributed by atoms with Crippen LogP contribution in [0.1, 0.15) is 31.4 Å². The topological polar surface area (TPSA) is 37.6 Å². The third-order valence-electron chi connectivity index (χ3n) is 3.87. The number of allylic oxidation sites excluding steroid dienone is 2. The number of nitrogens with one attached hydrogen (secondary N) is 1. The van der Waals surface area contributed by atoms with E-state index in [0.717, 1.165) is 50.0 Å². The van der Waals surface area contributed by atoms with Crippen LogP contribution in [-0.2, 0) is 11.3 Å². The molecule has 22 heavy (non-hydrogen) atoms. The first-order valence-electron chi connectivity index (χ1n) is 7.98. The Kier molecular flexibility index (Phi) is 7.46. The first kappa shape index (κ1) is 17.0. The van der Waals surface area contributed by atoms with Crippen molar-refractivity contribution >= 4 is 17.3 Å². The fraction of sp³-hybridized carbons (Fsp3) is 0.588. The van der Waals surface area contributed by atoms with Gasteiger partial charge in [0, 0.05) is 26.8 Å². The van der Waals surface area contributed by atoms with Crippen LogP contribution in [0.2, 0.25) is 0 Å². The summed E-state index contributed by atoms with van der Waals surface area (Å²) in [5.74, 6) is 1.62. The van der Waals surface area contributed by atoms with Gasteiger partial charge in [-0.05, 0) is 56.0 Å². The molecule has 0 unspecified atom stereocenters. The molecule has 1 atom stereocenters. The van der Waals surface area contributed by atoms with Crippen LogP contribution in [0.5, 0.6) is 0 Å². The van der Waals surface area contributed by atoms with Gasteiger partial charge in [-0.2, -0.15) is 0 Å². The Hall–Kier alpha value is -1.33. The summed E-state index contributed by atoms with van der Waals surface area (Å²) in [5.41, 5.74) is 0. The molecule has 5 heteroatoms. The van der Waals surface area contributed by atoms with Gasteiger partial charge in [-0.3, -0.25) is 0 Å². The van der Waals surface area contributed by atoms with Crippen molar-refractivity contribution in [1.29, 1.82) is 0 Å². The largest absolute Gasteiger partial charge is 0.467 e. The number of nitrogens with zero attached hydrogens (tertiary/aromatic N) is 1. The smallest absolute Gasteiger partial charge is 0.169 e. The van der Waals surface area contributed by atoms with Gasteiger partial charge < -0.3 is 19.4 Å². The number of thiocarbonyl (C=S) groups is 1. The Balaban J connectivity index is 1.88. The maximum atomic E-state index is 5.58. The van der Waals surface area contributed by atoms with Crippen LogP contribution in [0.3, 0.4) is 0 Å². The fourth-order valence-corrected chi connectivity index (χ4v) is 2.91. The SMILES string of the molecule is COCCCNC(=S)N(Cc1ccco1)C[C@H]1CC=CCC1. The lowest BCUT2D eigenvalue weighted by molar-refractivity contribution is 0.195. The van der Waals surface area contributed by atoms with Gasteiger partial charge in [0.2, 0.25) is 0 Å². The van der Waals surface area contributed by atoms with E-state index in [9.17, 15) is 0 Å². The minimum Gasteiger partial charge on any atom is -0.467 e. The summed E-state index contributed by atoms with van der Waals surface area (Å²) in [6.45, 7) is 3.29. The number of furan rings is 1. The molecule has 0 saturated carbocycles. The van der Waals surface area contributed by atoms with Crippen molar-refractivity contribution in [2.75, 3.05) is 26.8 Å². The van der Waals surface area contributed by atoms with Crippen molar-refractivity contribution in [3.05, 3.63) is 36.3 Å². The van der Waals surface area contributed by atoms with Gasteiger partial charge in [-0.15, -0.1) is 0 Å². The molecule has 1 aliphatic rings. The summed E-state index contributed by atoms with van der Waals surface area (Å²) in [7, 11) is 1.72.